The van der Waals surface area contributed by atoms with Gasteiger partial charge in [-0.1, -0.05) is 6.92 Å². The highest BCUT2D eigenvalue weighted by Gasteiger charge is 2.34. The molecule has 1 atom stereocenters. The summed E-state index contributed by atoms with van der Waals surface area (Å²) in [5.74, 6) is 0. The van der Waals surface area contributed by atoms with Crippen LogP contribution in [0.1, 0.15) is 18.2 Å². The molecule has 0 radical (unpaired) electrons. The Kier molecular flexibility index (Phi) is 4.39. The predicted octanol–water partition coefficient (Wildman–Crippen LogP) is 1.04. The fraction of sp³-hybridized carbons (Fsp3) is 0.636. The first-order valence-electron chi connectivity index (χ1n) is 5.88. The molecule has 1 aromatic heterocycles. The van der Waals surface area contributed by atoms with E-state index in [9.17, 15) is 13.5 Å². The van der Waals surface area contributed by atoms with Crippen LogP contribution in [-0.2, 0) is 21.4 Å². The summed E-state index contributed by atoms with van der Waals surface area (Å²) in [4.78, 5) is 0.728. The van der Waals surface area contributed by atoms with E-state index in [1.165, 1.54) is 15.6 Å². The summed E-state index contributed by atoms with van der Waals surface area (Å²) in [6.45, 7) is 2.94. The lowest BCUT2D eigenvalue weighted by Crippen LogP contribution is -2.48. The van der Waals surface area contributed by atoms with Crippen LogP contribution in [0.15, 0.2) is 16.3 Å². The highest BCUT2D eigenvalue weighted by Crippen LogP contribution is 2.28. The van der Waals surface area contributed by atoms with Gasteiger partial charge in [0, 0.05) is 17.5 Å². The minimum Gasteiger partial charge on any atom is -0.391 e. The number of morpholine rings is 1. The molecule has 0 spiro atoms. The molecule has 1 N–H and O–H groups in total. The summed E-state index contributed by atoms with van der Waals surface area (Å²) in [5.41, 5.74) is 0. The number of sulfonamides is 1. The summed E-state index contributed by atoms with van der Waals surface area (Å²) in [5, 5.41) is 10.9. The van der Waals surface area contributed by atoms with Gasteiger partial charge in [0.15, 0.2) is 0 Å². The van der Waals surface area contributed by atoms with Crippen molar-refractivity contribution in [2.45, 2.75) is 30.9 Å². The SMILES string of the molecule is CCC1COCCN1S(=O)(=O)c1ccsc1CO. The molecule has 1 aliphatic rings. The smallest absolute Gasteiger partial charge is 0.244 e. The molecule has 1 fully saturated rings. The lowest BCUT2D eigenvalue weighted by Gasteiger charge is -2.33. The molecule has 5 nitrogen and oxygen atoms in total. The maximum atomic E-state index is 12.6. The van der Waals surface area contributed by atoms with Crippen LogP contribution in [0.25, 0.3) is 0 Å². The minimum absolute atomic E-state index is 0.116. The molecular formula is C11H17NO4S2. The van der Waals surface area contributed by atoms with Gasteiger partial charge in [0.05, 0.1) is 24.7 Å². The van der Waals surface area contributed by atoms with Crippen molar-refractivity contribution in [1.82, 2.24) is 4.31 Å². The number of thiophene rings is 1. The molecule has 1 aliphatic heterocycles. The van der Waals surface area contributed by atoms with Crippen molar-refractivity contribution < 1.29 is 18.3 Å². The highest BCUT2D eigenvalue weighted by atomic mass is 32.2. The van der Waals surface area contributed by atoms with Crippen molar-refractivity contribution in [2.24, 2.45) is 0 Å². The standard InChI is InChI=1S/C11H17NO4S2/c1-2-9-8-16-5-4-12(9)18(14,15)11-3-6-17-10(11)7-13/h3,6,9,13H,2,4-5,7-8H2,1H3. The number of aliphatic hydroxyl groups excluding tert-OH is 1. The first-order chi connectivity index (χ1) is 8.61. The van der Waals surface area contributed by atoms with E-state index in [1.54, 1.807) is 11.4 Å². The third kappa shape index (κ3) is 2.46. The average Bonchev–Trinajstić information content (AvgIpc) is 2.87. The van der Waals surface area contributed by atoms with E-state index in [4.69, 9.17) is 4.74 Å². The van der Waals surface area contributed by atoms with Gasteiger partial charge in [0.25, 0.3) is 0 Å². The Morgan fingerprint density at radius 1 is 1.61 bits per heavy atom. The maximum Gasteiger partial charge on any atom is 0.244 e. The average molecular weight is 291 g/mol. The third-order valence-electron chi connectivity index (χ3n) is 3.08. The fourth-order valence-electron chi connectivity index (χ4n) is 2.08. The molecule has 102 valence electrons. The Balaban J connectivity index is 2.35. The largest absolute Gasteiger partial charge is 0.391 e. The van der Waals surface area contributed by atoms with Crippen LogP contribution >= 0.6 is 11.3 Å². The molecular weight excluding hydrogens is 274 g/mol. The van der Waals surface area contributed by atoms with Crippen molar-refractivity contribution in [1.29, 1.82) is 0 Å². The van der Waals surface area contributed by atoms with Crippen molar-refractivity contribution in [2.75, 3.05) is 19.8 Å². The first kappa shape index (κ1) is 14.0. The molecule has 18 heavy (non-hydrogen) atoms. The van der Waals surface area contributed by atoms with Crippen LogP contribution in [0.4, 0.5) is 0 Å². The van der Waals surface area contributed by atoms with Gasteiger partial charge in [-0.3, -0.25) is 0 Å². The Bertz CT molecular complexity index is 497. The Morgan fingerprint density at radius 2 is 2.39 bits per heavy atom. The van der Waals surface area contributed by atoms with Crippen molar-refractivity contribution in [3.63, 3.8) is 0 Å². The molecule has 1 unspecified atom stereocenters. The van der Waals surface area contributed by atoms with E-state index < -0.39 is 10.0 Å². The van der Waals surface area contributed by atoms with E-state index in [0.717, 1.165) is 6.42 Å². The minimum atomic E-state index is -3.52. The van der Waals surface area contributed by atoms with E-state index in [1.807, 2.05) is 6.92 Å². The van der Waals surface area contributed by atoms with E-state index in [2.05, 4.69) is 0 Å². The van der Waals surface area contributed by atoms with Gasteiger partial charge in [0.2, 0.25) is 10.0 Å². The molecule has 7 heteroatoms. The van der Waals surface area contributed by atoms with Gasteiger partial charge in [-0.15, -0.1) is 11.3 Å². The van der Waals surface area contributed by atoms with E-state index >= 15 is 0 Å². The van der Waals surface area contributed by atoms with Crippen molar-refractivity contribution in [3.05, 3.63) is 16.3 Å². The van der Waals surface area contributed by atoms with Crippen LogP contribution < -0.4 is 0 Å². The summed E-state index contributed by atoms with van der Waals surface area (Å²) in [6.07, 6.45) is 0.720. The highest BCUT2D eigenvalue weighted by molar-refractivity contribution is 7.89. The molecule has 2 rings (SSSR count). The quantitative estimate of drug-likeness (QED) is 0.900. The number of hydrogen-bond donors (Lipinski definition) is 1. The Labute approximate surface area is 111 Å². The zero-order chi connectivity index (χ0) is 13.2. The van der Waals surface area contributed by atoms with Crippen LogP contribution in [0.5, 0.6) is 0 Å². The zero-order valence-electron chi connectivity index (χ0n) is 10.2. The molecule has 0 bridgehead atoms. The molecule has 0 aromatic carbocycles. The van der Waals surface area contributed by atoms with Crippen molar-refractivity contribution in [3.8, 4) is 0 Å². The summed E-state index contributed by atoms with van der Waals surface area (Å²) in [7, 11) is -3.52. The molecule has 0 amide bonds. The molecule has 0 saturated carbocycles. The van der Waals surface area contributed by atoms with Crippen LogP contribution in [0.2, 0.25) is 0 Å². The lowest BCUT2D eigenvalue weighted by atomic mass is 10.2. The maximum absolute atomic E-state index is 12.6. The Hall–Kier alpha value is -0.470. The topological polar surface area (TPSA) is 66.8 Å². The number of rotatable bonds is 4. The van der Waals surface area contributed by atoms with Crippen LogP contribution in [0.3, 0.4) is 0 Å². The zero-order valence-corrected chi connectivity index (χ0v) is 11.8. The monoisotopic (exact) mass is 291 g/mol. The fourth-order valence-corrected chi connectivity index (χ4v) is 5.01. The first-order valence-corrected chi connectivity index (χ1v) is 8.20. The number of ether oxygens (including phenoxy) is 1. The van der Waals surface area contributed by atoms with Crippen LogP contribution in [-0.4, -0.2) is 43.6 Å². The van der Waals surface area contributed by atoms with E-state index in [0.29, 0.717) is 24.6 Å². The second-order valence-corrected chi connectivity index (χ2v) is 6.98. The number of hydrogen-bond acceptors (Lipinski definition) is 5. The van der Waals surface area contributed by atoms with Gasteiger partial charge in [-0.05, 0) is 17.9 Å². The normalized spacial score (nSPS) is 22.2. The Morgan fingerprint density at radius 3 is 3.06 bits per heavy atom. The second-order valence-electron chi connectivity index (χ2n) is 4.12. The summed E-state index contributed by atoms with van der Waals surface area (Å²) < 4.78 is 31.9. The predicted molar refractivity (Wildman–Crippen MR) is 69.0 cm³/mol. The lowest BCUT2D eigenvalue weighted by molar-refractivity contribution is 0.0314. The third-order valence-corrected chi connectivity index (χ3v) is 6.15. The van der Waals surface area contributed by atoms with Crippen LogP contribution in [0, 0.1) is 0 Å². The van der Waals surface area contributed by atoms with Gasteiger partial charge >= 0.3 is 0 Å². The number of nitrogens with zero attached hydrogens (tertiary/aromatic N) is 1. The van der Waals surface area contributed by atoms with Crippen molar-refractivity contribution >= 4 is 21.4 Å². The summed E-state index contributed by atoms with van der Waals surface area (Å²) in [6, 6.07) is 1.45. The second kappa shape index (κ2) is 5.66. The van der Waals surface area contributed by atoms with Gasteiger partial charge < -0.3 is 9.84 Å². The molecule has 1 saturated heterocycles. The van der Waals surface area contributed by atoms with Gasteiger partial charge in [0.1, 0.15) is 0 Å². The summed E-state index contributed by atoms with van der Waals surface area (Å²) >= 11 is 1.26. The molecule has 2 heterocycles. The molecule has 0 aliphatic carbocycles. The van der Waals surface area contributed by atoms with Gasteiger partial charge in [-0.25, -0.2) is 8.42 Å². The molecule has 1 aromatic rings. The number of aliphatic hydroxyl groups is 1. The van der Waals surface area contributed by atoms with Gasteiger partial charge in [-0.2, -0.15) is 4.31 Å². The van der Waals surface area contributed by atoms with E-state index in [-0.39, 0.29) is 17.5 Å².